The van der Waals surface area contributed by atoms with Gasteiger partial charge in [-0.1, -0.05) is 44.8 Å². The van der Waals surface area contributed by atoms with Gasteiger partial charge in [0, 0.05) is 38.5 Å². The Morgan fingerprint density at radius 1 is 1.06 bits per heavy atom. The fourth-order valence-corrected chi connectivity index (χ4v) is 6.27. The van der Waals surface area contributed by atoms with Crippen molar-refractivity contribution in [3.8, 4) is 0 Å². The maximum Gasteiger partial charge on any atom is 0.321 e. The van der Waals surface area contributed by atoms with Gasteiger partial charge in [0.25, 0.3) is 11.8 Å². The summed E-state index contributed by atoms with van der Waals surface area (Å²) in [5, 5.41) is 15.0. The highest BCUT2D eigenvalue weighted by Crippen LogP contribution is 2.32. The second kappa shape index (κ2) is 15.5. The Labute approximate surface area is 278 Å². The second-order valence-electron chi connectivity index (χ2n) is 13.4. The zero-order valence-corrected chi connectivity index (χ0v) is 28.3. The summed E-state index contributed by atoms with van der Waals surface area (Å²) in [5.74, 6) is -8.62. The van der Waals surface area contributed by atoms with Gasteiger partial charge < -0.3 is 25.8 Å². The minimum absolute atomic E-state index is 0.00856. The SMILES string of the molecule is CCc1nonc1C(=O)N[C@H](C(=O)Nc1ccc([C@H](C)[C@@H](NC(=O)C(C)(F)F)C(=O)N2CCN(C)[C@H](C)C2)cc1F)C1CCC(C)CC1. The zero-order valence-electron chi connectivity index (χ0n) is 28.3. The van der Waals surface area contributed by atoms with Crippen LogP contribution in [0.15, 0.2) is 22.8 Å². The topological polar surface area (TPSA) is 150 Å². The lowest BCUT2D eigenvalue weighted by molar-refractivity contribution is -0.148. The third-order valence-corrected chi connectivity index (χ3v) is 9.71. The first kappa shape index (κ1) is 36.8. The molecule has 3 N–H and O–H groups in total. The van der Waals surface area contributed by atoms with Crippen molar-refractivity contribution >= 4 is 29.3 Å². The number of amides is 4. The van der Waals surface area contributed by atoms with Gasteiger partial charge in [0.2, 0.25) is 11.8 Å². The van der Waals surface area contributed by atoms with Gasteiger partial charge in [-0.05, 0) is 67.9 Å². The summed E-state index contributed by atoms with van der Waals surface area (Å²) in [7, 11) is 1.91. The van der Waals surface area contributed by atoms with Crippen LogP contribution >= 0.6 is 0 Å². The van der Waals surface area contributed by atoms with Gasteiger partial charge in [0.1, 0.15) is 23.6 Å². The van der Waals surface area contributed by atoms with Crippen molar-refractivity contribution in [1.82, 2.24) is 30.7 Å². The van der Waals surface area contributed by atoms with E-state index in [1.54, 1.807) is 13.8 Å². The minimum atomic E-state index is -3.74. The number of aryl methyl sites for hydroxylation is 1. The average Bonchev–Trinajstić information content (AvgIpc) is 3.53. The van der Waals surface area contributed by atoms with E-state index in [1.165, 1.54) is 17.0 Å². The van der Waals surface area contributed by atoms with E-state index in [1.807, 2.05) is 14.0 Å². The average molecular weight is 678 g/mol. The Morgan fingerprint density at radius 2 is 1.75 bits per heavy atom. The smallest absolute Gasteiger partial charge is 0.321 e. The molecule has 15 heteroatoms. The predicted octanol–water partition coefficient (Wildman–Crippen LogP) is 3.74. The molecule has 1 aliphatic heterocycles. The maximum absolute atomic E-state index is 15.6. The van der Waals surface area contributed by atoms with Crippen molar-refractivity contribution in [2.75, 3.05) is 32.0 Å². The van der Waals surface area contributed by atoms with E-state index in [4.69, 9.17) is 4.63 Å². The molecular weight excluding hydrogens is 631 g/mol. The molecule has 4 rings (SSSR count). The van der Waals surface area contributed by atoms with Gasteiger partial charge >= 0.3 is 5.92 Å². The van der Waals surface area contributed by atoms with E-state index in [0.29, 0.717) is 57.4 Å². The lowest BCUT2D eigenvalue weighted by Crippen LogP contribution is -2.59. The molecule has 0 spiro atoms. The Bertz CT molecular complexity index is 1470. The molecule has 4 amide bonds. The molecular formula is C33H46F3N7O5. The van der Waals surface area contributed by atoms with Crippen molar-refractivity contribution < 1.29 is 37.0 Å². The van der Waals surface area contributed by atoms with Gasteiger partial charge in [-0.25, -0.2) is 9.02 Å². The highest BCUT2D eigenvalue weighted by atomic mass is 19.3. The molecule has 2 aliphatic rings. The number of hydrogen-bond acceptors (Lipinski definition) is 8. The number of halogens is 3. The molecule has 2 heterocycles. The zero-order chi connectivity index (χ0) is 35.3. The largest absolute Gasteiger partial charge is 0.339 e. The Balaban J connectivity index is 1.55. The fourth-order valence-electron chi connectivity index (χ4n) is 6.27. The first-order valence-corrected chi connectivity index (χ1v) is 16.5. The Morgan fingerprint density at radius 3 is 2.35 bits per heavy atom. The monoisotopic (exact) mass is 677 g/mol. The molecule has 1 aromatic carbocycles. The van der Waals surface area contributed by atoms with Crippen LogP contribution in [-0.2, 0) is 20.8 Å². The van der Waals surface area contributed by atoms with Gasteiger partial charge in [-0.2, -0.15) is 8.78 Å². The lowest BCUT2D eigenvalue weighted by atomic mass is 9.79. The highest BCUT2D eigenvalue weighted by Gasteiger charge is 2.40. The van der Waals surface area contributed by atoms with Gasteiger partial charge in [-0.15, -0.1) is 0 Å². The van der Waals surface area contributed by atoms with E-state index in [0.717, 1.165) is 18.9 Å². The number of alkyl halides is 2. The lowest BCUT2D eigenvalue weighted by Gasteiger charge is -2.40. The number of anilines is 1. The molecule has 1 aliphatic carbocycles. The third-order valence-electron chi connectivity index (χ3n) is 9.71. The number of nitrogens with zero attached hydrogens (tertiary/aromatic N) is 4. The van der Waals surface area contributed by atoms with E-state index >= 15 is 4.39 Å². The number of rotatable bonds is 11. The van der Waals surface area contributed by atoms with Crippen LogP contribution in [0.25, 0.3) is 0 Å². The van der Waals surface area contributed by atoms with Crippen LogP contribution in [0, 0.1) is 17.7 Å². The van der Waals surface area contributed by atoms with Gasteiger partial charge in [0.05, 0.1) is 5.69 Å². The number of nitrogens with one attached hydrogen (secondary N) is 3. The number of carbonyl (C=O) groups is 4. The molecule has 48 heavy (non-hydrogen) atoms. The third kappa shape index (κ3) is 8.71. The maximum atomic E-state index is 15.6. The van der Waals surface area contributed by atoms with Crippen LogP contribution < -0.4 is 16.0 Å². The molecule has 2 fully saturated rings. The quantitative estimate of drug-likeness (QED) is 0.326. The van der Waals surface area contributed by atoms with Crippen LogP contribution in [0.4, 0.5) is 18.9 Å². The molecule has 0 unspecified atom stereocenters. The Hall–Kier alpha value is -4.01. The van der Waals surface area contributed by atoms with Crippen LogP contribution in [0.2, 0.25) is 0 Å². The summed E-state index contributed by atoms with van der Waals surface area (Å²) in [4.78, 5) is 56.3. The molecule has 264 valence electrons. The van der Waals surface area contributed by atoms with Gasteiger partial charge in [-0.3, -0.25) is 19.2 Å². The standard InChI is InChI=1S/C33H46F3N7O5/c1-7-24-28(41-48-40-24)30(45)38-27(21-10-8-18(2)9-11-21)29(44)37-25-13-12-22(16-23(25)34)20(4)26(39-32(47)33(5,35)36)31(46)43-15-14-42(6)19(3)17-43/h12-13,16,18-21,26-27H,7-11,14-15,17H2,1-6H3,(H,37,44)(H,38,45)(H,39,47)/t18?,19-,20+,21?,26-,27+/m1/s1. The summed E-state index contributed by atoms with van der Waals surface area (Å²) >= 11 is 0. The van der Waals surface area contributed by atoms with Crippen molar-refractivity contribution in [1.29, 1.82) is 0 Å². The van der Waals surface area contributed by atoms with Gasteiger partial charge in [0.15, 0.2) is 5.69 Å². The van der Waals surface area contributed by atoms with Crippen molar-refractivity contribution in [3.05, 3.63) is 41.0 Å². The molecule has 1 saturated heterocycles. The first-order valence-electron chi connectivity index (χ1n) is 16.5. The summed E-state index contributed by atoms with van der Waals surface area (Å²) in [5.41, 5.74) is 0.406. The van der Waals surface area contributed by atoms with E-state index < -0.39 is 53.4 Å². The van der Waals surface area contributed by atoms with E-state index in [2.05, 4.69) is 38.1 Å². The molecule has 4 atom stereocenters. The Kier molecular flexibility index (Phi) is 11.9. The number of carbonyl (C=O) groups excluding carboxylic acids is 4. The molecule has 2 aromatic rings. The van der Waals surface area contributed by atoms with E-state index in [-0.39, 0.29) is 28.9 Å². The second-order valence-corrected chi connectivity index (χ2v) is 13.4. The van der Waals surface area contributed by atoms with Crippen LogP contribution in [0.3, 0.4) is 0 Å². The van der Waals surface area contributed by atoms with Crippen molar-refractivity contribution in [2.45, 2.75) is 96.7 Å². The summed E-state index contributed by atoms with van der Waals surface area (Å²) in [6, 6.07) is 1.50. The van der Waals surface area contributed by atoms with Crippen LogP contribution in [0.5, 0.6) is 0 Å². The highest BCUT2D eigenvalue weighted by molar-refractivity contribution is 6.01. The number of aromatic nitrogens is 2. The normalized spacial score (nSPS) is 22.4. The predicted molar refractivity (Wildman–Crippen MR) is 171 cm³/mol. The summed E-state index contributed by atoms with van der Waals surface area (Å²) in [6.07, 6.45) is 3.49. The van der Waals surface area contributed by atoms with Crippen molar-refractivity contribution in [2.24, 2.45) is 11.8 Å². The first-order chi connectivity index (χ1) is 22.6. The molecule has 0 bridgehead atoms. The molecule has 12 nitrogen and oxygen atoms in total. The van der Waals surface area contributed by atoms with Crippen molar-refractivity contribution in [3.63, 3.8) is 0 Å². The number of likely N-dealkylation sites (N-methyl/N-ethyl adjacent to an activating group) is 1. The molecule has 0 radical (unpaired) electrons. The number of hydrogen-bond donors (Lipinski definition) is 3. The summed E-state index contributed by atoms with van der Waals surface area (Å²) in [6.45, 7) is 9.06. The van der Waals surface area contributed by atoms with Crippen LogP contribution in [-0.4, -0.2) is 94.5 Å². The summed E-state index contributed by atoms with van der Waals surface area (Å²) < 4.78 is 48.2. The van der Waals surface area contributed by atoms with E-state index in [9.17, 15) is 28.0 Å². The minimum Gasteiger partial charge on any atom is -0.339 e. The molecule has 1 saturated carbocycles. The number of benzene rings is 1. The fraction of sp³-hybridized carbons (Fsp3) is 0.636. The van der Waals surface area contributed by atoms with Crippen LogP contribution in [0.1, 0.15) is 88.0 Å². The molecule has 1 aromatic heterocycles. The number of piperazine rings is 1.